The van der Waals surface area contributed by atoms with Crippen molar-refractivity contribution < 1.29 is 19.4 Å². The van der Waals surface area contributed by atoms with Crippen LogP contribution in [0, 0.1) is 6.92 Å². The number of carboxylic acid groups (broad SMARTS) is 1. The van der Waals surface area contributed by atoms with Gasteiger partial charge in [0.05, 0.1) is 12.3 Å². The predicted octanol–water partition coefficient (Wildman–Crippen LogP) is 5.05. The molecule has 2 aromatic rings. The van der Waals surface area contributed by atoms with Crippen molar-refractivity contribution in [3.63, 3.8) is 0 Å². The third kappa shape index (κ3) is 5.55. The highest BCUT2D eigenvalue weighted by Gasteiger charge is 2.43. The molecule has 0 aliphatic carbocycles. The molecule has 0 spiro atoms. The molecule has 2 rings (SSSR count). The molecule has 0 radical (unpaired) electrons. The lowest BCUT2D eigenvalue weighted by Gasteiger charge is -2.29. The first-order chi connectivity index (χ1) is 13.4. The third-order valence-corrected chi connectivity index (χ3v) is 5.44. The van der Waals surface area contributed by atoms with Crippen LogP contribution in [0.3, 0.4) is 0 Å². The molecule has 0 fully saturated rings. The Hall–Kier alpha value is -2.41. The minimum atomic E-state index is -1.03. The molecule has 0 aliphatic heterocycles. The quantitative estimate of drug-likeness (QED) is 0.510. The van der Waals surface area contributed by atoms with Gasteiger partial charge in [0.25, 0.3) is 0 Å². The van der Waals surface area contributed by atoms with Crippen molar-refractivity contribution in [2.24, 2.45) is 0 Å². The number of ether oxygens (including phenoxy) is 1. The van der Waals surface area contributed by atoms with Crippen LogP contribution in [0.25, 0.3) is 0 Å². The molecular formula is C21H28N2O4S. The van der Waals surface area contributed by atoms with Gasteiger partial charge in [-0.15, -0.1) is 11.3 Å². The summed E-state index contributed by atoms with van der Waals surface area (Å²) in [6.07, 6.45) is 2.27. The van der Waals surface area contributed by atoms with E-state index in [0.29, 0.717) is 17.2 Å². The molecule has 0 amide bonds. The highest BCUT2D eigenvalue weighted by Crippen LogP contribution is 2.38. The monoisotopic (exact) mass is 404 g/mol. The standard InChI is InChI=1S/C21H28N2O4S/c1-4-6-12-21(13-11-18(24)25,19(26)27-5-2)17-14-28-20(23-17)22-16-9-7-15(3)8-10-16/h7-10,14H,4-6,11-13H2,1-3H3,(H,22,23)(H,24,25)/t21-/m0/s1. The number of benzene rings is 1. The van der Waals surface area contributed by atoms with Gasteiger partial charge in [-0.25, -0.2) is 4.98 Å². The average Bonchev–Trinajstić information content (AvgIpc) is 3.13. The minimum absolute atomic E-state index is 0.110. The van der Waals surface area contributed by atoms with Gasteiger partial charge < -0.3 is 15.2 Å². The maximum absolute atomic E-state index is 12.9. The number of carboxylic acids is 1. The van der Waals surface area contributed by atoms with Crippen molar-refractivity contribution in [3.8, 4) is 0 Å². The van der Waals surface area contributed by atoms with Crippen molar-refractivity contribution in [1.82, 2.24) is 4.98 Å². The molecule has 2 N–H and O–H groups in total. The molecule has 28 heavy (non-hydrogen) atoms. The van der Waals surface area contributed by atoms with Crippen LogP contribution in [-0.4, -0.2) is 28.6 Å². The fourth-order valence-corrected chi connectivity index (χ4v) is 3.90. The summed E-state index contributed by atoms with van der Waals surface area (Å²) in [6, 6.07) is 7.95. The van der Waals surface area contributed by atoms with Crippen LogP contribution >= 0.6 is 11.3 Å². The van der Waals surface area contributed by atoms with Crippen LogP contribution in [0.5, 0.6) is 0 Å². The summed E-state index contributed by atoms with van der Waals surface area (Å²) in [7, 11) is 0. The van der Waals surface area contributed by atoms with Crippen molar-refractivity contribution in [3.05, 3.63) is 40.9 Å². The maximum Gasteiger partial charge on any atom is 0.318 e. The highest BCUT2D eigenvalue weighted by molar-refractivity contribution is 7.13. The molecule has 1 atom stereocenters. The van der Waals surface area contributed by atoms with Gasteiger partial charge in [0.1, 0.15) is 5.41 Å². The highest BCUT2D eigenvalue weighted by atomic mass is 32.1. The molecular weight excluding hydrogens is 376 g/mol. The Labute approximate surface area is 170 Å². The minimum Gasteiger partial charge on any atom is -0.481 e. The van der Waals surface area contributed by atoms with Crippen LogP contribution < -0.4 is 5.32 Å². The number of nitrogens with one attached hydrogen (secondary N) is 1. The lowest BCUT2D eigenvalue weighted by atomic mass is 9.76. The Morgan fingerprint density at radius 3 is 2.54 bits per heavy atom. The number of aryl methyl sites for hydroxylation is 1. The van der Waals surface area contributed by atoms with E-state index in [4.69, 9.17) is 4.74 Å². The van der Waals surface area contributed by atoms with Gasteiger partial charge in [0, 0.05) is 17.5 Å². The van der Waals surface area contributed by atoms with E-state index in [1.54, 1.807) is 6.92 Å². The predicted molar refractivity (Wildman–Crippen MR) is 111 cm³/mol. The van der Waals surface area contributed by atoms with Crippen LogP contribution in [0.4, 0.5) is 10.8 Å². The normalized spacial score (nSPS) is 13.0. The number of aliphatic carboxylic acids is 1. The van der Waals surface area contributed by atoms with Crippen LogP contribution in [-0.2, 0) is 19.7 Å². The first-order valence-electron chi connectivity index (χ1n) is 9.60. The second-order valence-corrected chi connectivity index (χ2v) is 7.69. The number of carbonyl (C=O) groups is 2. The van der Waals surface area contributed by atoms with E-state index in [9.17, 15) is 14.7 Å². The number of rotatable bonds is 11. The van der Waals surface area contributed by atoms with Gasteiger partial charge in [-0.05, 0) is 38.8 Å². The zero-order valence-electron chi connectivity index (χ0n) is 16.7. The molecule has 0 bridgehead atoms. The van der Waals surface area contributed by atoms with Gasteiger partial charge in [-0.3, -0.25) is 9.59 Å². The van der Waals surface area contributed by atoms with Gasteiger partial charge in [-0.1, -0.05) is 37.5 Å². The Morgan fingerprint density at radius 2 is 1.93 bits per heavy atom. The number of esters is 1. The van der Waals surface area contributed by atoms with Crippen molar-refractivity contribution in [2.75, 3.05) is 11.9 Å². The molecule has 1 aromatic heterocycles. The van der Waals surface area contributed by atoms with Gasteiger partial charge in [0.15, 0.2) is 5.13 Å². The van der Waals surface area contributed by atoms with E-state index in [2.05, 4.69) is 10.3 Å². The van der Waals surface area contributed by atoms with Crippen molar-refractivity contribution in [2.45, 2.75) is 58.3 Å². The first-order valence-corrected chi connectivity index (χ1v) is 10.5. The maximum atomic E-state index is 12.9. The molecule has 6 nitrogen and oxygen atoms in total. The molecule has 152 valence electrons. The number of nitrogens with zero attached hydrogens (tertiary/aromatic N) is 1. The molecule has 1 heterocycles. The van der Waals surface area contributed by atoms with Crippen LogP contribution in [0.15, 0.2) is 29.6 Å². The number of anilines is 2. The Morgan fingerprint density at radius 1 is 1.21 bits per heavy atom. The van der Waals surface area contributed by atoms with E-state index >= 15 is 0 Å². The summed E-state index contributed by atoms with van der Waals surface area (Å²) in [5.74, 6) is -1.32. The lowest BCUT2D eigenvalue weighted by Crippen LogP contribution is -2.38. The fourth-order valence-electron chi connectivity index (χ4n) is 3.07. The molecule has 0 saturated heterocycles. The van der Waals surface area contributed by atoms with Crippen molar-refractivity contribution >= 4 is 34.1 Å². The summed E-state index contributed by atoms with van der Waals surface area (Å²) >= 11 is 1.40. The van der Waals surface area contributed by atoms with E-state index in [-0.39, 0.29) is 19.4 Å². The Kier molecular flexibility index (Phi) is 7.99. The summed E-state index contributed by atoms with van der Waals surface area (Å²) in [5, 5.41) is 15.0. The van der Waals surface area contributed by atoms with E-state index in [1.165, 1.54) is 16.9 Å². The fraction of sp³-hybridized carbons (Fsp3) is 0.476. The largest absolute Gasteiger partial charge is 0.481 e. The summed E-state index contributed by atoms with van der Waals surface area (Å²) in [6.45, 7) is 6.07. The topological polar surface area (TPSA) is 88.5 Å². The molecule has 0 unspecified atom stereocenters. The molecule has 1 aromatic carbocycles. The number of hydrogen-bond donors (Lipinski definition) is 2. The second kappa shape index (κ2) is 10.2. The number of thiazole rings is 1. The summed E-state index contributed by atoms with van der Waals surface area (Å²) in [4.78, 5) is 28.8. The van der Waals surface area contributed by atoms with E-state index < -0.39 is 17.4 Å². The van der Waals surface area contributed by atoms with Crippen molar-refractivity contribution in [1.29, 1.82) is 0 Å². The van der Waals surface area contributed by atoms with Gasteiger partial charge in [-0.2, -0.15) is 0 Å². The number of unbranched alkanes of at least 4 members (excludes halogenated alkanes) is 1. The Balaban J connectivity index is 2.34. The molecule has 7 heteroatoms. The smallest absolute Gasteiger partial charge is 0.318 e. The summed E-state index contributed by atoms with van der Waals surface area (Å²) < 4.78 is 5.34. The van der Waals surface area contributed by atoms with Crippen LogP contribution in [0.2, 0.25) is 0 Å². The zero-order chi connectivity index (χ0) is 20.6. The van der Waals surface area contributed by atoms with Gasteiger partial charge >= 0.3 is 11.9 Å². The second-order valence-electron chi connectivity index (χ2n) is 6.83. The number of hydrogen-bond acceptors (Lipinski definition) is 6. The van der Waals surface area contributed by atoms with Gasteiger partial charge in [0.2, 0.25) is 0 Å². The Bertz CT molecular complexity index is 788. The molecule has 0 saturated carbocycles. The molecule has 0 aliphatic rings. The van der Waals surface area contributed by atoms with Crippen LogP contribution in [0.1, 0.15) is 57.2 Å². The van der Waals surface area contributed by atoms with E-state index in [0.717, 1.165) is 18.5 Å². The lowest BCUT2D eigenvalue weighted by molar-refractivity contribution is -0.151. The zero-order valence-corrected chi connectivity index (χ0v) is 17.5. The first kappa shape index (κ1) is 21.9. The van der Waals surface area contributed by atoms with E-state index in [1.807, 2.05) is 43.5 Å². The third-order valence-electron chi connectivity index (χ3n) is 4.69. The SMILES string of the molecule is CCCC[C@@](CCC(=O)O)(C(=O)OCC)c1csc(Nc2ccc(C)cc2)n1. The average molecular weight is 405 g/mol. The number of aromatic nitrogens is 1. The number of carbonyl (C=O) groups excluding carboxylic acids is 1. The summed E-state index contributed by atoms with van der Waals surface area (Å²) in [5.41, 5.74) is 1.63.